The second kappa shape index (κ2) is 5.43. The quantitative estimate of drug-likeness (QED) is 0.567. The molecule has 0 aliphatic heterocycles. The number of hydrogen-bond acceptors (Lipinski definition) is 0. The van der Waals surface area contributed by atoms with Crippen LogP contribution < -0.4 is 0 Å². The van der Waals surface area contributed by atoms with Gasteiger partial charge in [0.05, 0.1) is 0 Å². The molecule has 0 amide bonds. The van der Waals surface area contributed by atoms with Crippen LogP contribution in [0.15, 0.2) is 59.8 Å². The van der Waals surface area contributed by atoms with Crippen LogP contribution in [-0.4, -0.2) is 0 Å². The molecule has 0 aromatic heterocycles. The van der Waals surface area contributed by atoms with E-state index in [0.29, 0.717) is 5.92 Å². The topological polar surface area (TPSA) is 0 Å². The third-order valence-corrected chi connectivity index (χ3v) is 2.43. The largest absolute Gasteiger partial charge is 0.0847 e. The molecule has 0 aromatic carbocycles. The van der Waals surface area contributed by atoms with Crippen molar-refractivity contribution in [1.29, 1.82) is 0 Å². The molecule has 1 unspecified atom stereocenters. The fraction of sp³-hybridized carbons (Fsp3) is 0.286. The lowest BCUT2D eigenvalue weighted by molar-refractivity contribution is 0.883. The third-order valence-electron chi connectivity index (χ3n) is 2.43. The lowest BCUT2D eigenvalue weighted by Gasteiger charge is -2.09. The molecule has 0 aromatic rings. The van der Waals surface area contributed by atoms with Crippen molar-refractivity contribution in [3.05, 3.63) is 59.8 Å². The zero-order valence-electron chi connectivity index (χ0n) is 9.20. The predicted octanol–water partition coefficient (Wildman–Crippen LogP) is 4.20. The first-order chi connectivity index (χ1) is 6.74. The molecule has 1 rings (SSSR count). The highest BCUT2D eigenvalue weighted by atomic mass is 14.1. The molecule has 1 aliphatic carbocycles. The van der Waals surface area contributed by atoms with Crippen molar-refractivity contribution in [1.82, 2.24) is 0 Å². The van der Waals surface area contributed by atoms with E-state index >= 15 is 0 Å². The van der Waals surface area contributed by atoms with E-state index in [1.807, 2.05) is 0 Å². The zero-order chi connectivity index (χ0) is 10.4. The average Bonchev–Trinajstić information content (AvgIpc) is 2.20. The third kappa shape index (κ3) is 3.21. The van der Waals surface area contributed by atoms with Gasteiger partial charge in [0.15, 0.2) is 0 Å². The molecular weight excluding hydrogens is 168 g/mol. The van der Waals surface area contributed by atoms with Gasteiger partial charge in [-0.15, -0.1) is 0 Å². The smallest absolute Gasteiger partial charge is 0.000732 e. The van der Waals surface area contributed by atoms with Crippen LogP contribution in [-0.2, 0) is 0 Å². The van der Waals surface area contributed by atoms with E-state index < -0.39 is 0 Å². The summed E-state index contributed by atoms with van der Waals surface area (Å²) in [6.07, 6.45) is 17.1. The lowest BCUT2D eigenvalue weighted by Crippen LogP contribution is -1.94. The van der Waals surface area contributed by atoms with Crippen molar-refractivity contribution in [2.45, 2.75) is 20.8 Å². The molecule has 0 bridgehead atoms. The Kier molecular flexibility index (Phi) is 4.18. The first kappa shape index (κ1) is 10.8. The van der Waals surface area contributed by atoms with E-state index in [9.17, 15) is 0 Å². The van der Waals surface area contributed by atoms with E-state index in [2.05, 4.69) is 69.4 Å². The fourth-order valence-corrected chi connectivity index (χ4v) is 1.27. The van der Waals surface area contributed by atoms with Crippen LogP contribution in [0.1, 0.15) is 20.8 Å². The van der Waals surface area contributed by atoms with Crippen molar-refractivity contribution in [2.24, 2.45) is 5.92 Å². The maximum absolute atomic E-state index is 2.21. The Balaban J connectivity index is 2.65. The minimum atomic E-state index is 0.538. The molecule has 0 fully saturated rings. The van der Waals surface area contributed by atoms with Crippen LogP contribution in [0.4, 0.5) is 0 Å². The van der Waals surface area contributed by atoms with Crippen molar-refractivity contribution < 1.29 is 0 Å². The van der Waals surface area contributed by atoms with Crippen molar-refractivity contribution >= 4 is 0 Å². The van der Waals surface area contributed by atoms with Gasteiger partial charge in [-0.3, -0.25) is 0 Å². The first-order valence-electron chi connectivity index (χ1n) is 5.10. The van der Waals surface area contributed by atoms with E-state index in [1.165, 1.54) is 11.1 Å². The highest BCUT2D eigenvalue weighted by molar-refractivity contribution is 5.35. The first-order valence-corrected chi connectivity index (χ1v) is 5.10. The van der Waals surface area contributed by atoms with Crippen LogP contribution in [0, 0.1) is 5.92 Å². The molecule has 0 heterocycles. The van der Waals surface area contributed by atoms with Crippen LogP contribution in [0.25, 0.3) is 0 Å². The summed E-state index contributed by atoms with van der Waals surface area (Å²) in [5.74, 6) is 0.538. The number of rotatable bonds is 2. The second-order valence-corrected chi connectivity index (χ2v) is 3.59. The van der Waals surface area contributed by atoms with E-state index in [4.69, 9.17) is 0 Å². The maximum Gasteiger partial charge on any atom is -0.000732 e. The van der Waals surface area contributed by atoms with Crippen molar-refractivity contribution in [3.8, 4) is 0 Å². The highest BCUT2D eigenvalue weighted by Crippen LogP contribution is 2.17. The standard InChI is InChI=1S/C14H18/c1-4-12(2)8-7-11-14-10-6-5-9-13(14)3/h4-11,13H,1-3H3/b8-7-,12-4-,14-11-. The monoisotopic (exact) mass is 186 g/mol. The minimum Gasteiger partial charge on any atom is -0.0847 e. The Labute approximate surface area is 87.0 Å². The van der Waals surface area contributed by atoms with Crippen LogP contribution in [0.5, 0.6) is 0 Å². The molecule has 0 spiro atoms. The Morgan fingerprint density at radius 1 is 1.36 bits per heavy atom. The van der Waals surface area contributed by atoms with E-state index in [1.54, 1.807) is 0 Å². The van der Waals surface area contributed by atoms with Gasteiger partial charge < -0.3 is 0 Å². The number of allylic oxidation sites excluding steroid dienone is 10. The van der Waals surface area contributed by atoms with Crippen LogP contribution in [0.2, 0.25) is 0 Å². The molecule has 0 saturated carbocycles. The molecule has 0 N–H and O–H groups in total. The van der Waals surface area contributed by atoms with Gasteiger partial charge in [-0.1, -0.05) is 61.1 Å². The number of hydrogen-bond donors (Lipinski definition) is 0. The Morgan fingerprint density at radius 3 is 2.79 bits per heavy atom. The van der Waals surface area contributed by atoms with Gasteiger partial charge in [0.25, 0.3) is 0 Å². The Morgan fingerprint density at radius 2 is 2.14 bits per heavy atom. The zero-order valence-corrected chi connectivity index (χ0v) is 9.20. The van der Waals surface area contributed by atoms with Gasteiger partial charge in [-0.05, 0) is 25.3 Å². The molecular formula is C14H18. The normalized spacial score (nSPS) is 25.2. The molecule has 0 radical (unpaired) electrons. The predicted molar refractivity (Wildman–Crippen MR) is 64.1 cm³/mol. The van der Waals surface area contributed by atoms with Gasteiger partial charge in [0, 0.05) is 0 Å². The summed E-state index contributed by atoms with van der Waals surface area (Å²) >= 11 is 0. The Bertz CT molecular complexity index is 322. The van der Waals surface area contributed by atoms with Gasteiger partial charge in [-0.25, -0.2) is 0 Å². The molecule has 14 heavy (non-hydrogen) atoms. The van der Waals surface area contributed by atoms with Crippen LogP contribution in [0.3, 0.4) is 0 Å². The van der Waals surface area contributed by atoms with Gasteiger partial charge in [0.2, 0.25) is 0 Å². The van der Waals surface area contributed by atoms with Crippen molar-refractivity contribution in [2.75, 3.05) is 0 Å². The maximum atomic E-state index is 2.21. The fourth-order valence-electron chi connectivity index (χ4n) is 1.27. The highest BCUT2D eigenvalue weighted by Gasteiger charge is 2.02. The molecule has 0 saturated heterocycles. The summed E-state index contributed by atoms with van der Waals surface area (Å²) in [5, 5.41) is 0. The van der Waals surface area contributed by atoms with E-state index in [-0.39, 0.29) is 0 Å². The molecule has 1 atom stereocenters. The van der Waals surface area contributed by atoms with Gasteiger partial charge in [0.1, 0.15) is 0 Å². The molecule has 0 heteroatoms. The summed E-state index contributed by atoms with van der Waals surface area (Å²) in [5.41, 5.74) is 2.66. The summed E-state index contributed by atoms with van der Waals surface area (Å²) in [6, 6.07) is 0. The molecule has 1 aliphatic rings. The minimum absolute atomic E-state index is 0.538. The molecule has 74 valence electrons. The molecule has 0 nitrogen and oxygen atoms in total. The summed E-state index contributed by atoms with van der Waals surface area (Å²) < 4.78 is 0. The lowest BCUT2D eigenvalue weighted by atomic mass is 9.96. The summed E-state index contributed by atoms with van der Waals surface area (Å²) in [6.45, 7) is 6.37. The SMILES string of the molecule is C\C=C(C)/C=C\C=C1\C=CC=CC1C. The van der Waals surface area contributed by atoms with Crippen molar-refractivity contribution in [3.63, 3.8) is 0 Å². The van der Waals surface area contributed by atoms with Gasteiger partial charge in [-0.2, -0.15) is 0 Å². The Hall–Kier alpha value is -1.30. The van der Waals surface area contributed by atoms with Crippen LogP contribution >= 0.6 is 0 Å². The second-order valence-electron chi connectivity index (χ2n) is 3.59. The average molecular weight is 186 g/mol. The van der Waals surface area contributed by atoms with Gasteiger partial charge >= 0.3 is 0 Å². The summed E-state index contributed by atoms with van der Waals surface area (Å²) in [4.78, 5) is 0. The summed E-state index contributed by atoms with van der Waals surface area (Å²) in [7, 11) is 0. The van der Waals surface area contributed by atoms with E-state index in [0.717, 1.165) is 0 Å².